The molecule has 2 aliphatic carbocycles. The molecule has 0 heterocycles. The molecule has 1 saturated carbocycles. The third-order valence-electron chi connectivity index (χ3n) is 3.53. The van der Waals surface area contributed by atoms with Crippen molar-refractivity contribution in [3.63, 3.8) is 0 Å². The minimum atomic E-state index is -0.618. The molecule has 2 rings (SSSR count). The smallest absolute Gasteiger partial charge is 0.303 e. The van der Waals surface area contributed by atoms with Crippen LogP contribution in [-0.2, 0) is 4.79 Å². The quantitative estimate of drug-likeness (QED) is 0.678. The molecule has 0 saturated heterocycles. The Bertz CT molecular complexity index is 238. The first kappa shape index (κ1) is 8.79. The van der Waals surface area contributed by atoms with Crippen molar-refractivity contribution >= 4 is 5.97 Å². The second kappa shape index (κ2) is 3.17. The van der Waals surface area contributed by atoms with Gasteiger partial charge in [-0.1, -0.05) is 12.2 Å². The molecular formula is C11H16O2. The number of carbonyl (C=O) groups is 1. The number of carboxylic acid groups (broad SMARTS) is 1. The molecule has 2 aliphatic rings. The van der Waals surface area contributed by atoms with Gasteiger partial charge in [-0.05, 0) is 43.4 Å². The maximum Gasteiger partial charge on any atom is 0.303 e. The molecule has 0 amide bonds. The zero-order valence-electron chi connectivity index (χ0n) is 7.83. The molecule has 1 N–H and O–H groups in total. The van der Waals surface area contributed by atoms with Gasteiger partial charge in [-0.3, -0.25) is 4.79 Å². The zero-order chi connectivity index (χ0) is 9.31. The fourth-order valence-electron chi connectivity index (χ4n) is 2.54. The van der Waals surface area contributed by atoms with Crippen molar-refractivity contribution in [1.82, 2.24) is 0 Å². The van der Waals surface area contributed by atoms with E-state index in [0.29, 0.717) is 12.3 Å². The minimum Gasteiger partial charge on any atom is -0.481 e. The molecule has 1 fully saturated rings. The van der Waals surface area contributed by atoms with Crippen LogP contribution in [0, 0.1) is 11.3 Å². The second-order valence-corrected chi connectivity index (χ2v) is 4.41. The molecule has 0 aromatic heterocycles. The Morgan fingerprint density at radius 1 is 1.46 bits per heavy atom. The topological polar surface area (TPSA) is 37.3 Å². The Balaban J connectivity index is 1.98. The molecule has 0 radical (unpaired) electrons. The van der Waals surface area contributed by atoms with Crippen LogP contribution in [0.2, 0.25) is 0 Å². The van der Waals surface area contributed by atoms with E-state index in [1.165, 1.54) is 6.42 Å². The number of carboxylic acids is 1. The molecular weight excluding hydrogens is 164 g/mol. The zero-order valence-corrected chi connectivity index (χ0v) is 7.83. The lowest BCUT2D eigenvalue weighted by atomic mass is 9.78. The fraction of sp³-hybridized carbons (Fsp3) is 0.727. The van der Waals surface area contributed by atoms with Gasteiger partial charge in [0.2, 0.25) is 0 Å². The first-order valence-corrected chi connectivity index (χ1v) is 5.10. The van der Waals surface area contributed by atoms with Crippen molar-refractivity contribution in [2.75, 3.05) is 0 Å². The molecule has 1 atom stereocenters. The standard InChI is InChI=1S/C11H16O2/c12-10(13)8-11(6-7-11)9-4-2-1-3-5-9/h1-2,9H,3-8H2,(H,12,13). The van der Waals surface area contributed by atoms with E-state index in [1.807, 2.05) is 0 Å². The average Bonchev–Trinajstić information content (AvgIpc) is 2.86. The number of rotatable bonds is 3. The maximum absolute atomic E-state index is 10.7. The van der Waals surface area contributed by atoms with Crippen LogP contribution in [0.5, 0.6) is 0 Å². The Morgan fingerprint density at radius 2 is 2.23 bits per heavy atom. The number of hydrogen-bond donors (Lipinski definition) is 1. The summed E-state index contributed by atoms with van der Waals surface area (Å²) in [5.41, 5.74) is 0.191. The number of hydrogen-bond acceptors (Lipinski definition) is 1. The summed E-state index contributed by atoms with van der Waals surface area (Å²) < 4.78 is 0. The van der Waals surface area contributed by atoms with Crippen LogP contribution in [-0.4, -0.2) is 11.1 Å². The van der Waals surface area contributed by atoms with E-state index in [1.54, 1.807) is 0 Å². The molecule has 1 unspecified atom stereocenters. The summed E-state index contributed by atoms with van der Waals surface area (Å²) >= 11 is 0. The molecule has 0 aromatic rings. The van der Waals surface area contributed by atoms with Crippen LogP contribution in [0.1, 0.15) is 38.5 Å². The van der Waals surface area contributed by atoms with Gasteiger partial charge in [0, 0.05) is 0 Å². The lowest BCUT2D eigenvalue weighted by Gasteiger charge is -2.26. The molecule has 13 heavy (non-hydrogen) atoms. The van der Waals surface area contributed by atoms with Crippen LogP contribution < -0.4 is 0 Å². The summed E-state index contributed by atoms with van der Waals surface area (Å²) in [6.45, 7) is 0. The van der Waals surface area contributed by atoms with Gasteiger partial charge in [0.25, 0.3) is 0 Å². The molecule has 0 aromatic carbocycles. The van der Waals surface area contributed by atoms with Gasteiger partial charge >= 0.3 is 5.97 Å². The van der Waals surface area contributed by atoms with Gasteiger partial charge in [-0.25, -0.2) is 0 Å². The van der Waals surface area contributed by atoms with E-state index in [9.17, 15) is 4.79 Å². The van der Waals surface area contributed by atoms with Crippen molar-refractivity contribution in [3.8, 4) is 0 Å². The van der Waals surface area contributed by atoms with Crippen molar-refractivity contribution in [2.45, 2.75) is 38.5 Å². The maximum atomic E-state index is 10.7. The Hall–Kier alpha value is -0.790. The SMILES string of the molecule is O=C(O)CC1(C2CC=CCC2)CC1. The number of aliphatic carboxylic acids is 1. The normalized spacial score (nSPS) is 30.0. The Morgan fingerprint density at radius 3 is 2.69 bits per heavy atom. The summed E-state index contributed by atoms with van der Waals surface area (Å²) in [6, 6.07) is 0. The summed E-state index contributed by atoms with van der Waals surface area (Å²) in [5, 5.41) is 8.80. The van der Waals surface area contributed by atoms with Crippen LogP contribution in [0.15, 0.2) is 12.2 Å². The predicted octanol–water partition coefficient (Wildman–Crippen LogP) is 2.60. The first-order valence-electron chi connectivity index (χ1n) is 5.10. The summed E-state index contributed by atoms with van der Waals surface area (Å²) in [4.78, 5) is 10.7. The highest BCUT2D eigenvalue weighted by Gasteiger charge is 2.49. The van der Waals surface area contributed by atoms with Crippen molar-refractivity contribution in [2.24, 2.45) is 11.3 Å². The third-order valence-corrected chi connectivity index (χ3v) is 3.53. The molecule has 2 heteroatoms. The lowest BCUT2D eigenvalue weighted by molar-refractivity contribution is -0.139. The van der Waals surface area contributed by atoms with Crippen molar-refractivity contribution in [3.05, 3.63) is 12.2 Å². The van der Waals surface area contributed by atoms with Gasteiger partial charge in [-0.2, -0.15) is 0 Å². The van der Waals surface area contributed by atoms with Crippen LogP contribution in [0.25, 0.3) is 0 Å². The van der Waals surface area contributed by atoms with E-state index in [0.717, 1.165) is 25.7 Å². The Labute approximate surface area is 78.6 Å². The summed E-state index contributed by atoms with van der Waals surface area (Å²) in [6.07, 6.45) is 10.5. The van der Waals surface area contributed by atoms with Crippen molar-refractivity contribution < 1.29 is 9.90 Å². The van der Waals surface area contributed by atoms with E-state index in [2.05, 4.69) is 12.2 Å². The highest BCUT2D eigenvalue weighted by atomic mass is 16.4. The van der Waals surface area contributed by atoms with E-state index < -0.39 is 5.97 Å². The van der Waals surface area contributed by atoms with E-state index in [4.69, 9.17) is 5.11 Å². The van der Waals surface area contributed by atoms with Crippen molar-refractivity contribution in [1.29, 1.82) is 0 Å². The number of allylic oxidation sites excluding steroid dienone is 2. The molecule has 0 spiro atoms. The molecule has 0 aliphatic heterocycles. The highest BCUT2D eigenvalue weighted by Crippen LogP contribution is 2.58. The van der Waals surface area contributed by atoms with Gasteiger partial charge < -0.3 is 5.11 Å². The third kappa shape index (κ3) is 1.77. The predicted molar refractivity (Wildman–Crippen MR) is 50.4 cm³/mol. The average molecular weight is 180 g/mol. The van der Waals surface area contributed by atoms with Crippen LogP contribution in [0.4, 0.5) is 0 Å². The Kier molecular flexibility index (Phi) is 2.14. The molecule has 72 valence electrons. The molecule has 0 bridgehead atoms. The van der Waals surface area contributed by atoms with Crippen LogP contribution >= 0.6 is 0 Å². The van der Waals surface area contributed by atoms with Gasteiger partial charge in [-0.15, -0.1) is 0 Å². The minimum absolute atomic E-state index is 0.191. The van der Waals surface area contributed by atoms with E-state index in [-0.39, 0.29) is 5.41 Å². The lowest BCUT2D eigenvalue weighted by Crippen LogP contribution is -2.20. The first-order chi connectivity index (χ1) is 6.23. The molecule has 2 nitrogen and oxygen atoms in total. The van der Waals surface area contributed by atoms with Crippen LogP contribution in [0.3, 0.4) is 0 Å². The van der Waals surface area contributed by atoms with E-state index >= 15 is 0 Å². The monoisotopic (exact) mass is 180 g/mol. The fourth-order valence-corrected chi connectivity index (χ4v) is 2.54. The summed E-state index contributed by atoms with van der Waals surface area (Å²) in [7, 11) is 0. The highest BCUT2D eigenvalue weighted by molar-refractivity contribution is 5.68. The summed E-state index contributed by atoms with van der Waals surface area (Å²) in [5.74, 6) is 0.0284. The van der Waals surface area contributed by atoms with Gasteiger partial charge in [0.05, 0.1) is 6.42 Å². The second-order valence-electron chi connectivity index (χ2n) is 4.41. The largest absolute Gasteiger partial charge is 0.481 e. The van der Waals surface area contributed by atoms with Gasteiger partial charge in [0.1, 0.15) is 0 Å². The van der Waals surface area contributed by atoms with Gasteiger partial charge in [0.15, 0.2) is 0 Å².